The van der Waals surface area contributed by atoms with Crippen LogP contribution in [0.2, 0.25) is 0 Å². The van der Waals surface area contributed by atoms with Gasteiger partial charge < -0.3 is 20.6 Å². The summed E-state index contributed by atoms with van der Waals surface area (Å²) in [5, 5.41) is 13.6. The summed E-state index contributed by atoms with van der Waals surface area (Å²) >= 11 is 0. The second-order valence-electron chi connectivity index (χ2n) is 7.49. The number of hydrogen-bond acceptors (Lipinski definition) is 3. The fourth-order valence-corrected chi connectivity index (χ4v) is 3.65. The summed E-state index contributed by atoms with van der Waals surface area (Å²) in [7, 11) is 0. The molecule has 146 valence electrons. The van der Waals surface area contributed by atoms with E-state index in [4.69, 9.17) is 5.11 Å². The molecule has 1 saturated heterocycles. The third kappa shape index (κ3) is 3.89. The molecule has 3 amide bonds. The standard InChI is InChI=1S/C19H24FN3O4/c1-11-3-4-12(2)23(11)16(24)13-5-6-14(15(20)9-13)10-21-17(25)19(7-8-19)22-18(26)27/h5-6,9,11-12,22H,3-4,7-8,10H2,1-2H3,(H,21,25)(H,26,27). The Hall–Kier alpha value is -2.64. The van der Waals surface area contributed by atoms with E-state index in [0.29, 0.717) is 12.8 Å². The van der Waals surface area contributed by atoms with Crippen LogP contribution in [0, 0.1) is 5.82 Å². The van der Waals surface area contributed by atoms with Gasteiger partial charge in [-0.2, -0.15) is 0 Å². The summed E-state index contributed by atoms with van der Waals surface area (Å²) in [4.78, 5) is 37.4. The fraction of sp³-hybridized carbons (Fsp3) is 0.526. The lowest BCUT2D eigenvalue weighted by Gasteiger charge is -2.26. The molecule has 2 fully saturated rings. The molecular formula is C19H24FN3O4. The van der Waals surface area contributed by atoms with Crippen LogP contribution < -0.4 is 10.6 Å². The zero-order chi connectivity index (χ0) is 19.8. The van der Waals surface area contributed by atoms with Crippen LogP contribution in [0.25, 0.3) is 0 Å². The normalized spacial score (nSPS) is 23.0. The predicted octanol–water partition coefficient (Wildman–Crippen LogP) is 2.26. The minimum Gasteiger partial charge on any atom is -0.465 e. The predicted molar refractivity (Wildman–Crippen MR) is 95.7 cm³/mol. The zero-order valence-corrected chi connectivity index (χ0v) is 15.4. The molecule has 1 aromatic carbocycles. The van der Waals surface area contributed by atoms with Crippen molar-refractivity contribution in [2.75, 3.05) is 0 Å². The topological polar surface area (TPSA) is 98.7 Å². The van der Waals surface area contributed by atoms with E-state index in [1.807, 2.05) is 13.8 Å². The van der Waals surface area contributed by atoms with Crippen LogP contribution in [0.4, 0.5) is 9.18 Å². The second kappa shape index (κ2) is 7.17. The molecule has 0 bridgehead atoms. The molecule has 1 heterocycles. The van der Waals surface area contributed by atoms with Crippen LogP contribution in [0.1, 0.15) is 55.5 Å². The number of nitrogens with zero attached hydrogens (tertiary/aromatic N) is 1. The van der Waals surface area contributed by atoms with Gasteiger partial charge in [0.05, 0.1) is 0 Å². The Morgan fingerprint density at radius 1 is 1.22 bits per heavy atom. The minimum absolute atomic E-state index is 0.0707. The van der Waals surface area contributed by atoms with Gasteiger partial charge in [-0.15, -0.1) is 0 Å². The Bertz CT molecular complexity index is 768. The van der Waals surface area contributed by atoms with Crippen LogP contribution in [0.15, 0.2) is 18.2 Å². The van der Waals surface area contributed by atoms with E-state index < -0.39 is 23.4 Å². The van der Waals surface area contributed by atoms with Gasteiger partial charge >= 0.3 is 6.09 Å². The van der Waals surface area contributed by atoms with E-state index >= 15 is 0 Å². The summed E-state index contributed by atoms with van der Waals surface area (Å²) < 4.78 is 14.4. The van der Waals surface area contributed by atoms with Gasteiger partial charge in [0.25, 0.3) is 5.91 Å². The molecule has 0 spiro atoms. The summed E-state index contributed by atoms with van der Waals surface area (Å²) in [6.07, 6.45) is 1.46. The Kier molecular flexibility index (Phi) is 5.08. The third-order valence-corrected chi connectivity index (χ3v) is 5.46. The van der Waals surface area contributed by atoms with Gasteiger partial charge in [-0.1, -0.05) is 6.07 Å². The molecule has 1 saturated carbocycles. The number of carbonyl (C=O) groups excluding carboxylic acids is 2. The number of halogens is 1. The number of rotatable bonds is 5. The highest BCUT2D eigenvalue weighted by molar-refractivity contribution is 5.95. The zero-order valence-electron chi connectivity index (χ0n) is 15.4. The van der Waals surface area contributed by atoms with Gasteiger partial charge in [-0.05, 0) is 51.7 Å². The van der Waals surface area contributed by atoms with Crippen molar-refractivity contribution >= 4 is 17.9 Å². The van der Waals surface area contributed by atoms with Gasteiger partial charge in [0.2, 0.25) is 5.91 Å². The van der Waals surface area contributed by atoms with Gasteiger partial charge in [-0.3, -0.25) is 9.59 Å². The second-order valence-corrected chi connectivity index (χ2v) is 7.49. The molecule has 1 aliphatic heterocycles. The lowest BCUT2D eigenvalue weighted by molar-refractivity contribution is -0.124. The van der Waals surface area contributed by atoms with Gasteiger partial charge in [0, 0.05) is 29.8 Å². The lowest BCUT2D eigenvalue weighted by Crippen LogP contribution is -2.48. The molecule has 1 aromatic rings. The van der Waals surface area contributed by atoms with Crippen molar-refractivity contribution in [2.24, 2.45) is 0 Å². The van der Waals surface area contributed by atoms with E-state index in [9.17, 15) is 18.8 Å². The molecule has 8 heteroatoms. The van der Waals surface area contributed by atoms with Crippen molar-refractivity contribution < 1.29 is 23.9 Å². The average molecular weight is 377 g/mol. The quantitative estimate of drug-likeness (QED) is 0.733. The molecule has 7 nitrogen and oxygen atoms in total. The number of carboxylic acid groups (broad SMARTS) is 1. The molecule has 0 aromatic heterocycles. The monoisotopic (exact) mass is 377 g/mol. The van der Waals surface area contributed by atoms with Crippen LogP contribution in [0.5, 0.6) is 0 Å². The van der Waals surface area contributed by atoms with Crippen molar-refractivity contribution in [1.29, 1.82) is 0 Å². The molecule has 1 aliphatic carbocycles. The van der Waals surface area contributed by atoms with E-state index in [1.54, 1.807) is 11.0 Å². The Morgan fingerprint density at radius 3 is 2.37 bits per heavy atom. The number of nitrogens with one attached hydrogen (secondary N) is 2. The van der Waals surface area contributed by atoms with E-state index in [1.165, 1.54) is 12.1 Å². The smallest absolute Gasteiger partial charge is 0.405 e. The van der Waals surface area contributed by atoms with Crippen molar-refractivity contribution in [3.8, 4) is 0 Å². The summed E-state index contributed by atoms with van der Waals surface area (Å²) in [6, 6.07) is 4.51. The molecule has 2 unspecified atom stereocenters. The number of hydrogen-bond donors (Lipinski definition) is 3. The summed E-state index contributed by atoms with van der Waals surface area (Å²) in [5.74, 6) is -1.23. The summed E-state index contributed by atoms with van der Waals surface area (Å²) in [6.45, 7) is 3.90. The first kappa shape index (κ1) is 19.1. The molecule has 27 heavy (non-hydrogen) atoms. The summed E-state index contributed by atoms with van der Waals surface area (Å²) in [5.41, 5.74) is -0.566. The van der Waals surface area contributed by atoms with E-state index in [2.05, 4.69) is 10.6 Å². The largest absolute Gasteiger partial charge is 0.465 e. The van der Waals surface area contributed by atoms with Crippen LogP contribution in [0.3, 0.4) is 0 Å². The molecule has 3 N–H and O–H groups in total. The number of carbonyl (C=O) groups is 3. The van der Waals surface area contributed by atoms with Crippen molar-refractivity contribution in [2.45, 2.75) is 63.7 Å². The Labute approximate surface area is 156 Å². The van der Waals surface area contributed by atoms with E-state index in [-0.39, 0.29) is 35.7 Å². The maximum Gasteiger partial charge on any atom is 0.405 e. The maximum absolute atomic E-state index is 14.4. The first-order valence-corrected chi connectivity index (χ1v) is 9.14. The number of benzene rings is 1. The lowest BCUT2D eigenvalue weighted by atomic mass is 10.1. The van der Waals surface area contributed by atoms with Gasteiger partial charge in [-0.25, -0.2) is 9.18 Å². The average Bonchev–Trinajstić information content (AvgIpc) is 3.30. The molecule has 0 radical (unpaired) electrons. The number of likely N-dealkylation sites (tertiary alicyclic amines) is 1. The fourth-order valence-electron chi connectivity index (χ4n) is 3.65. The molecule has 2 aliphatic rings. The van der Waals surface area contributed by atoms with Crippen molar-refractivity contribution in [3.63, 3.8) is 0 Å². The Morgan fingerprint density at radius 2 is 1.85 bits per heavy atom. The van der Waals surface area contributed by atoms with Gasteiger partial charge in [0.1, 0.15) is 11.4 Å². The third-order valence-electron chi connectivity index (χ3n) is 5.46. The highest BCUT2D eigenvalue weighted by Crippen LogP contribution is 2.35. The van der Waals surface area contributed by atoms with E-state index in [0.717, 1.165) is 12.8 Å². The van der Waals surface area contributed by atoms with Gasteiger partial charge in [0.15, 0.2) is 0 Å². The van der Waals surface area contributed by atoms with Crippen LogP contribution in [-0.4, -0.2) is 45.5 Å². The van der Waals surface area contributed by atoms with Crippen LogP contribution in [-0.2, 0) is 11.3 Å². The maximum atomic E-state index is 14.4. The minimum atomic E-state index is -1.26. The Balaban J connectivity index is 1.64. The molecular weight excluding hydrogens is 353 g/mol. The molecule has 2 atom stereocenters. The highest BCUT2D eigenvalue weighted by atomic mass is 19.1. The highest BCUT2D eigenvalue weighted by Gasteiger charge is 2.51. The first-order valence-electron chi connectivity index (χ1n) is 9.14. The van der Waals surface area contributed by atoms with Crippen LogP contribution >= 0.6 is 0 Å². The van der Waals surface area contributed by atoms with Crippen molar-refractivity contribution in [3.05, 3.63) is 35.1 Å². The number of amides is 3. The van der Waals surface area contributed by atoms with Crippen molar-refractivity contribution in [1.82, 2.24) is 15.5 Å². The first-order chi connectivity index (χ1) is 12.7. The molecule has 3 rings (SSSR count). The SMILES string of the molecule is CC1CCC(C)N1C(=O)c1ccc(CNC(=O)C2(NC(=O)O)CC2)c(F)c1.